The molecule has 0 spiro atoms. The number of anilines is 3. The Morgan fingerprint density at radius 1 is 0.351 bits per heavy atom. The lowest BCUT2D eigenvalue weighted by Gasteiger charge is -2.28. The van der Waals surface area contributed by atoms with E-state index in [2.05, 4.69) is 223 Å². The van der Waals surface area contributed by atoms with Gasteiger partial charge in [-0.25, -0.2) is 0 Å². The van der Waals surface area contributed by atoms with Crippen LogP contribution < -0.4 is 4.90 Å². The third kappa shape index (κ3) is 5.66. The summed E-state index contributed by atoms with van der Waals surface area (Å²) in [6, 6.07) is 63.5. The Bertz CT molecular complexity index is 2750. The summed E-state index contributed by atoms with van der Waals surface area (Å²) in [5.41, 5.74) is 20.6. The topological polar surface area (TPSA) is 3.24 Å². The van der Waals surface area contributed by atoms with Crippen LogP contribution in [0.15, 0.2) is 170 Å². The molecule has 1 nitrogen and oxygen atoms in total. The van der Waals surface area contributed by atoms with Gasteiger partial charge in [0.1, 0.15) is 0 Å². The minimum absolute atomic E-state index is 0.0622. The number of hydrogen-bond donors (Lipinski definition) is 0. The molecule has 0 amide bonds. The van der Waals surface area contributed by atoms with Gasteiger partial charge in [-0.05, 0) is 149 Å². The highest BCUT2D eigenvalue weighted by Gasteiger charge is 2.39. The highest BCUT2D eigenvalue weighted by atomic mass is 15.1. The van der Waals surface area contributed by atoms with Crippen LogP contribution in [0.2, 0.25) is 0 Å². The fourth-order valence-electron chi connectivity index (χ4n) is 9.62. The van der Waals surface area contributed by atoms with Gasteiger partial charge in [0.25, 0.3) is 0 Å². The highest BCUT2D eigenvalue weighted by molar-refractivity contribution is 5.99. The number of hydrogen-bond acceptors (Lipinski definition) is 1. The third-order valence-corrected chi connectivity index (χ3v) is 13.0. The molecule has 0 aliphatic heterocycles. The molecule has 0 aromatic heterocycles. The molecule has 8 aromatic carbocycles. The van der Waals surface area contributed by atoms with Gasteiger partial charge in [0.15, 0.2) is 0 Å². The van der Waals surface area contributed by atoms with E-state index in [1.54, 1.807) is 0 Å². The maximum absolute atomic E-state index is 2.49. The normalized spacial score (nSPS) is 14.5. The van der Waals surface area contributed by atoms with E-state index in [4.69, 9.17) is 0 Å². The lowest BCUT2D eigenvalue weighted by Crippen LogP contribution is -2.17. The van der Waals surface area contributed by atoms with Crippen molar-refractivity contribution in [3.8, 4) is 44.5 Å². The summed E-state index contributed by atoms with van der Waals surface area (Å²) < 4.78 is 0. The Hall–Kier alpha value is -6.18. The van der Waals surface area contributed by atoms with Gasteiger partial charge >= 0.3 is 0 Å². The van der Waals surface area contributed by atoms with E-state index < -0.39 is 0 Å². The summed E-state index contributed by atoms with van der Waals surface area (Å²) in [7, 11) is 0. The van der Waals surface area contributed by atoms with Crippen molar-refractivity contribution < 1.29 is 0 Å². The lowest BCUT2D eigenvalue weighted by molar-refractivity contribution is 0.585. The van der Waals surface area contributed by atoms with Gasteiger partial charge in [-0.15, -0.1) is 0 Å². The first-order valence-corrected chi connectivity index (χ1v) is 20.4. The van der Waals surface area contributed by atoms with E-state index >= 15 is 0 Å². The molecular weight excluding hydrogens is 687 g/mol. The molecule has 0 atom stereocenters. The Morgan fingerprint density at radius 3 is 1.19 bits per heavy atom. The molecule has 0 heterocycles. The van der Waals surface area contributed by atoms with Crippen molar-refractivity contribution in [2.45, 2.75) is 64.7 Å². The van der Waals surface area contributed by atoms with Gasteiger partial charge in [0.2, 0.25) is 0 Å². The molecule has 0 saturated carbocycles. The molecule has 1 heteroatoms. The molecule has 0 unspecified atom stereocenters. The molecule has 0 saturated heterocycles. The van der Waals surface area contributed by atoms with Crippen molar-refractivity contribution in [3.05, 3.63) is 198 Å². The minimum Gasteiger partial charge on any atom is -0.310 e. The van der Waals surface area contributed by atoms with E-state index in [0.29, 0.717) is 0 Å². The van der Waals surface area contributed by atoms with E-state index in [9.17, 15) is 0 Å². The van der Waals surface area contributed by atoms with Crippen LogP contribution in [0.5, 0.6) is 0 Å². The smallest absolute Gasteiger partial charge is 0.0465 e. The van der Waals surface area contributed by atoms with Crippen LogP contribution in [0, 0.1) is 0 Å². The average molecular weight is 736 g/mol. The zero-order valence-corrected chi connectivity index (χ0v) is 34.1. The summed E-state index contributed by atoms with van der Waals surface area (Å²) in [6.45, 7) is 16.5. The number of benzene rings is 8. The molecule has 8 aromatic rings. The van der Waals surface area contributed by atoms with Crippen LogP contribution in [-0.2, 0) is 16.2 Å². The molecule has 278 valence electrons. The molecule has 2 aliphatic rings. The molecular formula is C56H49N. The van der Waals surface area contributed by atoms with Crippen LogP contribution in [0.1, 0.15) is 76.3 Å². The molecule has 0 bridgehead atoms. The third-order valence-electron chi connectivity index (χ3n) is 13.0. The number of rotatable bonds is 5. The summed E-state index contributed by atoms with van der Waals surface area (Å²) in [4.78, 5) is 2.41. The number of fused-ring (bicyclic) bond motifs is 7. The van der Waals surface area contributed by atoms with Gasteiger partial charge in [-0.2, -0.15) is 0 Å². The van der Waals surface area contributed by atoms with Crippen LogP contribution >= 0.6 is 0 Å². The fraction of sp³-hybridized carbons (Fsp3) is 0.179. The maximum Gasteiger partial charge on any atom is 0.0465 e. The van der Waals surface area contributed by atoms with Crippen molar-refractivity contribution >= 4 is 27.8 Å². The predicted octanol–water partition coefficient (Wildman–Crippen LogP) is 15.6. The molecule has 57 heavy (non-hydrogen) atoms. The van der Waals surface area contributed by atoms with Crippen LogP contribution in [0.3, 0.4) is 0 Å². The largest absolute Gasteiger partial charge is 0.310 e. The Morgan fingerprint density at radius 2 is 0.737 bits per heavy atom. The zero-order chi connectivity index (χ0) is 39.3. The first-order valence-electron chi connectivity index (χ1n) is 20.4. The van der Waals surface area contributed by atoms with E-state index in [1.165, 1.54) is 83.1 Å². The van der Waals surface area contributed by atoms with Crippen molar-refractivity contribution in [2.75, 3.05) is 4.90 Å². The molecule has 0 fully saturated rings. The summed E-state index contributed by atoms with van der Waals surface area (Å²) in [5, 5.41) is 2.63. The van der Waals surface area contributed by atoms with Crippen molar-refractivity contribution in [1.82, 2.24) is 0 Å². The van der Waals surface area contributed by atoms with E-state index in [1.807, 2.05) is 0 Å². The highest BCUT2D eigenvalue weighted by Crippen LogP contribution is 2.55. The van der Waals surface area contributed by atoms with Gasteiger partial charge in [-0.1, -0.05) is 158 Å². The van der Waals surface area contributed by atoms with Crippen LogP contribution in [-0.4, -0.2) is 0 Å². The van der Waals surface area contributed by atoms with Gasteiger partial charge in [0, 0.05) is 27.9 Å². The van der Waals surface area contributed by atoms with Gasteiger partial charge < -0.3 is 4.90 Å². The van der Waals surface area contributed by atoms with Crippen molar-refractivity contribution in [2.24, 2.45) is 0 Å². The van der Waals surface area contributed by atoms with E-state index in [0.717, 1.165) is 17.1 Å². The van der Waals surface area contributed by atoms with Crippen molar-refractivity contribution in [1.29, 1.82) is 0 Å². The van der Waals surface area contributed by atoms with Crippen LogP contribution in [0.25, 0.3) is 55.3 Å². The summed E-state index contributed by atoms with van der Waals surface area (Å²) in [5.74, 6) is 0. The number of nitrogens with zero attached hydrogens (tertiary/aromatic N) is 1. The maximum atomic E-state index is 2.49. The average Bonchev–Trinajstić information content (AvgIpc) is 3.58. The quantitative estimate of drug-likeness (QED) is 0.170. The first kappa shape index (κ1) is 35.2. The molecule has 0 radical (unpaired) electrons. The zero-order valence-electron chi connectivity index (χ0n) is 34.1. The van der Waals surface area contributed by atoms with Crippen LogP contribution in [0.4, 0.5) is 17.1 Å². The van der Waals surface area contributed by atoms with E-state index in [-0.39, 0.29) is 16.2 Å². The standard InChI is InChI=1S/C56H49N/c1-54(2,3)42-22-28-46-48-30-40-33-51-49(31-41(40)32-50(48)55(4,5)52(46)34-42)47-29-27-45(35-53(47)56(51,6)7)57(43-23-18-38(19-24-43)36-14-10-8-11-15-36)44-25-20-39(21-26-44)37-16-12-9-13-17-37/h8-35H,1-7H3. The summed E-state index contributed by atoms with van der Waals surface area (Å²) in [6.07, 6.45) is 0. The Balaban J connectivity index is 1.07. The second-order valence-electron chi connectivity index (χ2n) is 18.3. The van der Waals surface area contributed by atoms with Gasteiger partial charge in [-0.3, -0.25) is 0 Å². The second-order valence-corrected chi connectivity index (χ2v) is 18.3. The Kier molecular flexibility index (Phi) is 7.83. The lowest BCUT2D eigenvalue weighted by atomic mass is 9.78. The SMILES string of the molecule is CC(C)(C)c1ccc2c(c1)C(C)(C)c1cc3cc4c(cc3cc1-2)C(C)(C)c1cc(N(c2ccc(-c3ccccc3)cc2)c2ccc(-c3ccccc3)cc2)ccc1-4. The second kappa shape index (κ2) is 12.7. The van der Waals surface area contributed by atoms with Gasteiger partial charge in [0.05, 0.1) is 0 Å². The molecule has 10 rings (SSSR count). The monoisotopic (exact) mass is 735 g/mol. The minimum atomic E-state index is -0.174. The van der Waals surface area contributed by atoms with Crippen molar-refractivity contribution in [3.63, 3.8) is 0 Å². The molecule has 2 aliphatic carbocycles. The summed E-state index contributed by atoms with van der Waals surface area (Å²) >= 11 is 0. The predicted molar refractivity (Wildman–Crippen MR) is 243 cm³/mol. The first-order chi connectivity index (χ1) is 27.4. The molecule has 0 N–H and O–H groups in total. The Labute approximate surface area is 338 Å². The fourth-order valence-corrected chi connectivity index (χ4v) is 9.62.